The number of rotatable bonds is 1. The monoisotopic (exact) mass is 271 g/mol. The number of nitrogens with zero attached hydrogens (tertiary/aromatic N) is 2. The van der Waals surface area contributed by atoms with E-state index in [9.17, 15) is 10.1 Å². The second-order valence-electron chi connectivity index (χ2n) is 5.82. The van der Waals surface area contributed by atoms with Crippen LogP contribution in [0.5, 0.6) is 0 Å². The average Bonchev–Trinajstić information content (AvgIpc) is 2.26. The molecule has 0 aromatic rings. The molecule has 0 aromatic heterocycles. The van der Waals surface area contributed by atoms with Crippen molar-refractivity contribution in [1.82, 2.24) is 0 Å². The summed E-state index contributed by atoms with van der Waals surface area (Å²) in [5, 5.41) is 9.19. The van der Waals surface area contributed by atoms with Crippen LogP contribution in [0.25, 0.3) is 0 Å². The molecular formula is C13H20ClN2O2+. The fourth-order valence-electron chi connectivity index (χ4n) is 1.99. The zero-order valence-electron chi connectivity index (χ0n) is 11.4. The molecule has 1 aliphatic heterocycles. The predicted molar refractivity (Wildman–Crippen MR) is 70.0 cm³/mol. The van der Waals surface area contributed by atoms with Gasteiger partial charge in [-0.1, -0.05) is 0 Å². The lowest BCUT2D eigenvalue weighted by atomic mass is 9.81. The van der Waals surface area contributed by atoms with Crippen LogP contribution in [0.4, 0.5) is 4.79 Å². The molecule has 1 atom stereocenters. The number of carbonyl (C=O) groups is 1. The molecule has 1 amide bonds. The third-order valence-corrected chi connectivity index (χ3v) is 3.49. The molecule has 0 bridgehead atoms. The van der Waals surface area contributed by atoms with E-state index in [-0.39, 0.29) is 6.09 Å². The maximum atomic E-state index is 12.0. The first kappa shape index (κ1) is 15.0. The summed E-state index contributed by atoms with van der Waals surface area (Å²) in [6.07, 6.45) is 0.761. The maximum absolute atomic E-state index is 12.0. The molecule has 4 nitrogen and oxygen atoms in total. The Bertz CT molecular complexity index is 418. The Kier molecular flexibility index (Phi) is 4.39. The number of hydrogen-bond donors (Lipinski definition) is 0. The lowest BCUT2D eigenvalue weighted by Crippen LogP contribution is -2.42. The molecule has 1 heterocycles. The fraction of sp³-hybridized carbons (Fsp3) is 0.769. The molecule has 0 spiro atoms. The molecule has 0 saturated carbocycles. The zero-order chi connectivity index (χ0) is 14.0. The molecule has 0 aromatic carbocycles. The molecule has 5 heteroatoms. The van der Waals surface area contributed by atoms with Gasteiger partial charge in [0.1, 0.15) is 5.60 Å². The van der Waals surface area contributed by atoms with Crippen molar-refractivity contribution in [1.29, 1.82) is 5.26 Å². The SMILES string of the molecule is CC1=[N+](C(=O)OC(C)(C)C)CCC(C#N)(CCl)C1. The predicted octanol–water partition coefficient (Wildman–Crippen LogP) is 2.94. The highest BCUT2D eigenvalue weighted by Gasteiger charge is 2.41. The number of amides is 1. The smallest absolute Gasteiger partial charge is 0.406 e. The Labute approximate surface area is 113 Å². The first-order valence-electron chi connectivity index (χ1n) is 6.03. The molecule has 1 rings (SSSR count). The van der Waals surface area contributed by atoms with Crippen LogP contribution in [-0.2, 0) is 4.74 Å². The first-order chi connectivity index (χ1) is 8.23. The van der Waals surface area contributed by atoms with Crippen molar-refractivity contribution in [3.63, 3.8) is 0 Å². The Balaban J connectivity index is 2.88. The van der Waals surface area contributed by atoms with Gasteiger partial charge < -0.3 is 4.74 Å². The van der Waals surface area contributed by atoms with Crippen LogP contribution in [0.15, 0.2) is 0 Å². The van der Waals surface area contributed by atoms with Crippen molar-refractivity contribution in [3.8, 4) is 6.07 Å². The minimum atomic E-state index is -0.538. The summed E-state index contributed by atoms with van der Waals surface area (Å²) in [6, 6.07) is 2.27. The molecule has 0 fully saturated rings. The molecule has 0 radical (unpaired) electrons. The molecule has 18 heavy (non-hydrogen) atoms. The van der Waals surface area contributed by atoms with Crippen molar-refractivity contribution in [2.45, 2.75) is 46.1 Å². The second-order valence-corrected chi connectivity index (χ2v) is 6.09. The van der Waals surface area contributed by atoms with E-state index in [0.29, 0.717) is 25.3 Å². The first-order valence-corrected chi connectivity index (χ1v) is 6.57. The van der Waals surface area contributed by atoms with Crippen molar-refractivity contribution in [2.24, 2.45) is 5.41 Å². The Morgan fingerprint density at radius 2 is 2.22 bits per heavy atom. The van der Waals surface area contributed by atoms with Gasteiger partial charge in [0, 0.05) is 25.6 Å². The number of hydrogen-bond acceptors (Lipinski definition) is 3. The van der Waals surface area contributed by atoms with Gasteiger partial charge in [-0.3, -0.25) is 0 Å². The normalized spacial score (nSPS) is 24.7. The van der Waals surface area contributed by atoms with Gasteiger partial charge in [-0.15, -0.1) is 16.2 Å². The third-order valence-electron chi connectivity index (χ3n) is 2.98. The molecular weight excluding hydrogens is 252 g/mol. The van der Waals surface area contributed by atoms with Gasteiger partial charge in [0.15, 0.2) is 12.3 Å². The number of carbonyl (C=O) groups excluding carboxylic acids is 1. The maximum Gasteiger partial charge on any atom is 0.596 e. The van der Waals surface area contributed by atoms with E-state index in [4.69, 9.17) is 16.3 Å². The summed E-state index contributed by atoms with van der Waals surface area (Å²) in [6.45, 7) is 7.84. The molecule has 100 valence electrons. The standard InChI is InChI=1S/C13H20ClN2O2/c1-10-7-13(8-14,9-15)5-6-16(10)11(17)18-12(2,3)4/h5-8H2,1-4H3/q+1. The van der Waals surface area contributed by atoms with Crippen molar-refractivity contribution in [3.05, 3.63) is 0 Å². The summed E-state index contributed by atoms with van der Waals surface area (Å²) in [5.74, 6) is 0.295. The van der Waals surface area contributed by atoms with E-state index in [1.54, 1.807) is 4.58 Å². The molecule has 1 aliphatic rings. The van der Waals surface area contributed by atoms with E-state index in [2.05, 4.69) is 6.07 Å². The van der Waals surface area contributed by atoms with Crippen LogP contribution in [0.2, 0.25) is 0 Å². The lowest BCUT2D eigenvalue weighted by molar-refractivity contribution is -0.460. The Hall–Kier alpha value is -1.08. The largest absolute Gasteiger partial charge is 0.596 e. The van der Waals surface area contributed by atoms with Crippen LogP contribution in [0.1, 0.15) is 40.5 Å². The zero-order valence-corrected chi connectivity index (χ0v) is 12.2. The van der Waals surface area contributed by atoms with Gasteiger partial charge in [0.05, 0.1) is 11.5 Å². The number of alkyl halides is 1. The van der Waals surface area contributed by atoms with Gasteiger partial charge in [0.25, 0.3) is 0 Å². The van der Waals surface area contributed by atoms with Crippen LogP contribution >= 0.6 is 11.6 Å². The Morgan fingerprint density at radius 3 is 2.61 bits per heavy atom. The fourth-order valence-corrected chi connectivity index (χ4v) is 2.28. The van der Waals surface area contributed by atoms with Crippen LogP contribution in [-0.4, -0.2) is 34.4 Å². The molecule has 1 unspecified atom stereocenters. The highest BCUT2D eigenvalue weighted by atomic mass is 35.5. The number of halogens is 1. The molecule has 0 saturated heterocycles. The van der Waals surface area contributed by atoms with Crippen LogP contribution in [0, 0.1) is 16.7 Å². The minimum Gasteiger partial charge on any atom is -0.406 e. The molecule has 0 N–H and O–H groups in total. The van der Waals surface area contributed by atoms with Gasteiger partial charge in [-0.25, -0.2) is 0 Å². The van der Waals surface area contributed by atoms with Crippen molar-refractivity contribution >= 4 is 23.4 Å². The summed E-state index contributed by atoms with van der Waals surface area (Å²) >= 11 is 5.87. The number of nitriles is 1. The summed E-state index contributed by atoms with van der Waals surface area (Å²) in [5.41, 5.74) is -0.199. The highest BCUT2D eigenvalue weighted by molar-refractivity contribution is 6.18. The van der Waals surface area contributed by atoms with E-state index < -0.39 is 11.0 Å². The highest BCUT2D eigenvalue weighted by Crippen LogP contribution is 2.31. The summed E-state index contributed by atoms with van der Waals surface area (Å²) in [4.78, 5) is 12.0. The quantitative estimate of drug-likeness (QED) is 0.544. The summed E-state index contributed by atoms with van der Waals surface area (Å²) < 4.78 is 6.94. The lowest BCUT2D eigenvalue weighted by Gasteiger charge is -2.26. The third kappa shape index (κ3) is 3.46. The minimum absolute atomic E-state index is 0.295. The average molecular weight is 272 g/mol. The van der Waals surface area contributed by atoms with E-state index in [1.807, 2.05) is 27.7 Å². The van der Waals surface area contributed by atoms with Crippen molar-refractivity contribution < 1.29 is 14.1 Å². The van der Waals surface area contributed by atoms with E-state index >= 15 is 0 Å². The molecule has 0 aliphatic carbocycles. The van der Waals surface area contributed by atoms with Gasteiger partial charge in [-0.2, -0.15) is 10.1 Å². The summed E-state index contributed by atoms with van der Waals surface area (Å²) in [7, 11) is 0. The van der Waals surface area contributed by atoms with Gasteiger partial charge >= 0.3 is 6.09 Å². The van der Waals surface area contributed by atoms with Gasteiger partial charge in [-0.05, 0) is 20.8 Å². The van der Waals surface area contributed by atoms with E-state index in [1.165, 1.54) is 0 Å². The van der Waals surface area contributed by atoms with Crippen molar-refractivity contribution in [2.75, 3.05) is 12.4 Å². The Morgan fingerprint density at radius 1 is 1.61 bits per heavy atom. The number of ether oxygens (including phenoxy) is 1. The van der Waals surface area contributed by atoms with Crippen LogP contribution < -0.4 is 0 Å². The van der Waals surface area contributed by atoms with Crippen LogP contribution in [0.3, 0.4) is 0 Å². The topological polar surface area (TPSA) is 53.1 Å². The van der Waals surface area contributed by atoms with E-state index in [0.717, 1.165) is 5.71 Å². The second kappa shape index (κ2) is 5.27. The van der Waals surface area contributed by atoms with Gasteiger partial charge in [0.2, 0.25) is 0 Å².